The molecule has 4 nitrogen and oxygen atoms in total. The van der Waals surface area contributed by atoms with Crippen molar-refractivity contribution >= 4 is 33.6 Å². The molecule has 1 N–H and O–H groups in total. The minimum atomic E-state index is -0.490. The predicted octanol–water partition coefficient (Wildman–Crippen LogP) is 4.37. The van der Waals surface area contributed by atoms with Crippen LogP contribution >= 0.6 is 27.5 Å². The van der Waals surface area contributed by atoms with Gasteiger partial charge < -0.3 is 15.0 Å². The van der Waals surface area contributed by atoms with Crippen LogP contribution in [0.5, 0.6) is 0 Å². The fourth-order valence-corrected chi connectivity index (χ4v) is 3.33. The van der Waals surface area contributed by atoms with Gasteiger partial charge in [-0.25, -0.2) is 4.79 Å². The van der Waals surface area contributed by atoms with Gasteiger partial charge in [0.2, 0.25) is 0 Å². The van der Waals surface area contributed by atoms with Crippen LogP contribution in [0.4, 0.5) is 4.79 Å². The van der Waals surface area contributed by atoms with Crippen molar-refractivity contribution in [3.63, 3.8) is 0 Å². The van der Waals surface area contributed by atoms with E-state index in [1.165, 1.54) is 0 Å². The van der Waals surface area contributed by atoms with Crippen molar-refractivity contribution in [2.75, 3.05) is 13.1 Å². The van der Waals surface area contributed by atoms with Gasteiger partial charge in [0.25, 0.3) is 0 Å². The number of piperazine rings is 1. The molecule has 1 aromatic carbocycles. The number of hydrogen-bond acceptors (Lipinski definition) is 3. The number of hydrogen-bond donors (Lipinski definition) is 1. The van der Waals surface area contributed by atoms with E-state index in [0.29, 0.717) is 18.1 Å². The molecule has 0 aliphatic carbocycles. The van der Waals surface area contributed by atoms with Gasteiger partial charge in [0.1, 0.15) is 5.60 Å². The van der Waals surface area contributed by atoms with E-state index < -0.39 is 5.60 Å². The number of halogens is 2. The lowest BCUT2D eigenvalue weighted by Crippen LogP contribution is -2.54. The predicted molar refractivity (Wildman–Crippen MR) is 92.3 cm³/mol. The Balaban J connectivity index is 2.15. The topological polar surface area (TPSA) is 41.6 Å². The molecule has 2 unspecified atom stereocenters. The van der Waals surface area contributed by atoms with Crippen LogP contribution in [-0.4, -0.2) is 35.7 Å². The van der Waals surface area contributed by atoms with Crippen LogP contribution in [0.2, 0.25) is 5.02 Å². The van der Waals surface area contributed by atoms with Crippen LogP contribution in [0.25, 0.3) is 0 Å². The Labute approximate surface area is 145 Å². The summed E-state index contributed by atoms with van der Waals surface area (Å²) in [6, 6.07) is 5.93. The monoisotopic (exact) mass is 388 g/mol. The summed E-state index contributed by atoms with van der Waals surface area (Å²) in [5.41, 5.74) is 0.566. The third kappa shape index (κ3) is 4.61. The smallest absolute Gasteiger partial charge is 0.410 e. The summed E-state index contributed by atoms with van der Waals surface area (Å²) in [4.78, 5) is 14.2. The van der Waals surface area contributed by atoms with Gasteiger partial charge in [-0.05, 0) is 51.5 Å². The second-order valence-electron chi connectivity index (χ2n) is 6.65. The molecule has 22 heavy (non-hydrogen) atoms. The van der Waals surface area contributed by atoms with Gasteiger partial charge in [0, 0.05) is 28.6 Å². The molecule has 1 fully saturated rings. The zero-order chi connectivity index (χ0) is 16.5. The lowest BCUT2D eigenvalue weighted by molar-refractivity contribution is 0.00958. The van der Waals surface area contributed by atoms with Crippen LogP contribution in [0.3, 0.4) is 0 Å². The Bertz CT molecular complexity index is 539. The number of benzene rings is 1. The second-order valence-corrected chi connectivity index (χ2v) is 8.00. The molecule has 122 valence electrons. The molecule has 1 aliphatic heterocycles. The van der Waals surface area contributed by atoms with Crippen LogP contribution in [0.1, 0.15) is 39.3 Å². The molecular weight excluding hydrogens is 368 g/mol. The SMILES string of the molecule is CC1CNC(c2cc(Cl)cc(Br)c2)CN1C(=O)OC(C)(C)C. The van der Waals surface area contributed by atoms with E-state index in [1.807, 2.05) is 45.9 Å². The first-order valence-corrected chi connectivity index (χ1v) is 8.52. The minimum Gasteiger partial charge on any atom is -0.444 e. The largest absolute Gasteiger partial charge is 0.444 e. The van der Waals surface area contributed by atoms with Crippen molar-refractivity contribution in [1.82, 2.24) is 10.2 Å². The van der Waals surface area contributed by atoms with Gasteiger partial charge in [0.05, 0.1) is 6.04 Å². The molecule has 1 aliphatic rings. The van der Waals surface area contributed by atoms with Crippen LogP contribution in [0, 0.1) is 0 Å². The summed E-state index contributed by atoms with van der Waals surface area (Å²) in [7, 11) is 0. The third-order valence-electron chi connectivity index (χ3n) is 3.49. The molecule has 1 aromatic rings. The van der Waals surface area contributed by atoms with E-state index in [0.717, 1.165) is 10.0 Å². The normalized spacial score (nSPS) is 22.5. The van der Waals surface area contributed by atoms with E-state index in [4.69, 9.17) is 16.3 Å². The van der Waals surface area contributed by atoms with Crippen LogP contribution in [-0.2, 0) is 4.74 Å². The van der Waals surface area contributed by atoms with Crippen molar-refractivity contribution in [3.05, 3.63) is 33.3 Å². The molecule has 0 saturated carbocycles. The average molecular weight is 390 g/mol. The fourth-order valence-electron chi connectivity index (χ4n) is 2.44. The summed E-state index contributed by atoms with van der Waals surface area (Å²) in [5, 5.41) is 4.13. The number of ether oxygens (including phenoxy) is 1. The summed E-state index contributed by atoms with van der Waals surface area (Å²) in [5.74, 6) is 0. The minimum absolute atomic E-state index is 0.0405. The number of carbonyl (C=O) groups excluding carboxylic acids is 1. The molecule has 0 aromatic heterocycles. The number of nitrogens with zero attached hydrogens (tertiary/aromatic N) is 1. The number of rotatable bonds is 1. The first kappa shape index (κ1) is 17.6. The average Bonchev–Trinajstić information content (AvgIpc) is 2.35. The second kappa shape index (κ2) is 6.77. The van der Waals surface area contributed by atoms with Gasteiger partial charge >= 0.3 is 6.09 Å². The quantitative estimate of drug-likeness (QED) is 0.775. The summed E-state index contributed by atoms with van der Waals surface area (Å²) in [6.45, 7) is 8.92. The molecule has 1 amide bonds. The maximum Gasteiger partial charge on any atom is 0.410 e. The molecule has 6 heteroatoms. The van der Waals surface area contributed by atoms with Crippen molar-refractivity contribution < 1.29 is 9.53 Å². The van der Waals surface area contributed by atoms with E-state index in [-0.39, 0.29) is 18.2 Å². The van der Waals surface area contributed by atoms with E-state index >= 15 is 0 Å². The first-order valence-electron chi connectivity index (χ1n) is 7.35. The van der Waals surface area contributed by atoms with E-state index in [1.54, 1.807) is 4.90 Å². The van der Waals surface area contributed by atoms with Crippen LogP contribution in [0.15, 0.2) is 22.7 Å². The highest BCUT2D eigenvalue weighted by atomic mass is 79.9. The zero-order valence-electron chi connectivity index (χ0n) is 13.3. The highest BCUT2D eigenvalue weighted by Gasteiger charge is 2.32. The van der Waals surface area contributed by atoms with Crippen molar-refractivity contribution in [3.8, 4) is 0 Å². The summed E-state index contributed by atoms with van der Waals surface area (Å²) >= 11 is 9.58. The Morgan fingerprint density at radius 2 is 2.09 bits per heavy atom. The molecule has 1 saturated heterocycles. The molecule has 2 rings (SSSR count). The third-order valence-corrected chi connectivity index (χ3v) is 4.16. The molecule has 1 heterocycles. The highest BCUT2D eigenvalue weighted by molar-refractivity contribution is 9.10. The highest BCUT2D eigenvalue weighted by Crippen LogP contribution is 2.27. The molecule has 0 bridgehead atoms. The lowest BCUT2D eigenvalue weighted by atomic mass is 10.0. The zero-order valence-corrected chi connectivity index (χ0v) is 15.7. The van der Waals surface area contributed by atoms with Gasteiger partial charge in [-0.2, -0.15) is 0 Å². The first-order chi connectivity index (χ1) is 10.2. The Hall–Kier alpha value is -0.780. The van der Waals surface area contributed by atoms with E-state index in [9.17, 15) is 4.79 Å². The maximum atomic E-state index is 12.4. The van der Waals surface area contributed by atoms with Gasteiger partial charge in [0.15, 0.2) is 0 Å². The summed E-state index contributed by atoms with van der Waals surface area (Å²) in [6.07, 6.45) is -0.271. The van der Waals surface area contributed by atoms with Gasteiger partial charge in [-0.1, -0.05) is 27.5 Å². The number of carbonyl (C=O) groups is 1. The van der Waals surface area contributed by atoms with Crippen molar-refractivity contribution in [1.29, 1.82) is 0 Å². The number of amides is 1. The van der Waals surface area contributed by atoms with Gasteiger partial charge in [-0.3, -0.25) is 0 Å². The van der Waals surface area contributed by atoms with Crippen molar-refractivity contribution in [2.45, 2.75) is 45.4 Å². The van der Waals surface area contributed by atoms with Gasteiger partial charge in [-0.15, -0.1) is 0 Å². The molecule has 0 spiro atoms. The molecule has 0 radical (unpaired) electrons. The summed E-state index contributed by atoms with van der Waals surface area (Å²) < 4.78 is 6.43. The molecule has 2 atom stereocenters. The molecular formula is C16H22BrClN2O2. The van der Waals surface area contributed by atoms with Crippen LogP contribution < -0.4 is 5.32 Å². The standard InChI is InChI=1S/C16H22BrClN2O2/c1-10-8-19-14(11-5-12(17)7-13(18)6-11)9-20(10)15(21)22-16(2,3)4/h5-7,10,14,19H,8-9H2,1-4H3. The Kier molecular flexibility index (Phi) is 5.41. The fraction of sp³-hybridized carbons (Fsp3) is 0.562. The lowest BCUT2D eigenvalue weighted by Gasteiger charge is -2.39. The van der Waals surface area contributed by atoms with E-state index in [2.05, 4.69) is 21.2 Å². The number of nitrogens with one attached hydrogen (secondary N) is 1. The maximum absolute atomic E-state index is 12.4. The van der Waals surface area contributed by atoms with Crippen molar-refractivity contribution in [2.24, 2.45) is 0 Å². The Morgan fingerprint density at radius 3 is 2.68 bits per heavy atom. The Morgan fingerprint density at radius 1 is 1.41 bits per heavy atom.